The quantitative estimate of drug-likeness (QED) is 0.446. The molecule has 0 aliphatic carbocycles. The Labute approximate surface area is 77.4 Å². The molecular weight excluding hydrogens is 238 g/mol. The molecule has 0 aliphatic heterocycles. The van der Waals surface area contributed by atoms with Crippen LogP contribution in [0.25, 0.3) is 0 Å². The molecule has 0 aliphatic rings. The molecule has 1 N–H and O–H groups in total. The molecule has 4 nitrogen and oxygen atoms in total. The van der Waals surface area contributed by atoms with Crippen LogP contribution in [0.4, 0.5) is 26.3 Å². The Morgan fingerprint density at radius 2 is 1.53 bits per heavy atom. The molecule has 15 heavy (non-hydrogen) atoms. The molecule has 0 heterocycles. The van der Waals surface area contributed by atoms with Gasteiger partial charge in [-0.25, -0.2) is 18.4 Å². The number of carboxylic acid groups (broad SMARTS) is 1. The molecule has 88 valence electrons. The highest BCUT2D eigenvalue weighted by atomic mass is 19.4. The zero-order valence-electron chi connectivity index (χ0n) is 6.52. The number of hydrogen-bond donors (Lipinski definition) is 1. The minimum atomic E-state index is -6.23. The monoisotopic (exact) mass is 240 g/mol. The number of halogens is 6. The number of alkyl halides is 6. The molecule has 0 saturated heterocycles. The largest absolute Gasteiger partial charge is 0.473 e. The molecule has 1 unspecified atom stereocenters. The third kappa shape index (κ3) is 2.73. The van der Waals surface area contributed by atoms with E-state index >= 15 is 0 Å². The molecule has 0 aromatic rings. The van der Waals surface area contributed by atoms with Gasteiger partial charge in [0.15, 0.2) is 0 Å². The van der Waals surface area contributed by atoms with Gasteiger partial charge >= 0.3 is 30.4 Å². The molecular formula is C5H2F6O4. The SMILES string of the molecule is O=C(O)C(=O)OC(F)(C(F)F)C(F)(F)F. The van der Waals surface area contributed by atoms with E-state index in [1.807, 2.05) is 0 Å². The second kappa shape index (κ2) is 3.95. The zero-order chi connectivity index (χ0) is 12.4. The maximum absolute atomic E-state index is 12.5. The van der Waals surface area contributed by atoms with E-state index in [9.17, 15) is 35.9 Å². The lowest BCUT2D eigenvalue weighted by Gasteiger charge is -2.25. The summed E-state index contributed by atoms with van der Waals surface area (Å²) in [6, 6.07) is 0. The van der Waals surface area contributed by atoms with E-state index < -0.39 is 30.4 Å². The fourth-order valence-electron chi connectivity index (χ4n) is 0.405. The molecule has 0 radical (unpaired) electrons. The highest BCUT2D eigenvalue weighted by Crippen LogP contribution is 2.39. The van der Waals surface area contributed by atoms with E-state index in [4.69, 9.17) is 5.11 Å². The molecule has 0 aromatic heterocycles. The van der Waals surface area contributed by atoms with Gasteiger partial charge in [-0.1, -0.05) is 0 Å². The predicted octanol–water partition coefficient (Wildman–Crippen LogP) is 1.11. The van der Waals surface area contributed by atoms with Gasteiger partial charge in [-0.05, 0) is 0 Å². The van der Waals surface area contributed by atoms with Crippen molar-refractivity contribution in [2.45, 2.75) is 18.5 Å². The average Bonchev–Trinajstić information content (AvgIpc) is 2.01. The van der Waals surface area contributed by atoms with Crippen molar-refractivity contribution in [3.8, 4) is 0 Å². The summed E-state index contributed by atoms with van der Waals surface area (Å²) < 4.78 is 73.2. The molecule has 0 bridgehead atoms. The second-order valence-corrected chi connectivity index (χ2v) is 2.14. The normalized spacial score (nSPS) is 15.9. The number of carboxylic acids is 1. The highest BCUT2D eigenvalue weighted by Gasteiger charge is 2.67. The fourth-order valence-corrected chi connectivity index (χ4v) is 0.405. The zero-order valence-corrected chi connectivity index (χ0v) is 6.52. The van der Waals surface area contributed by atoms with E-state index in [2.05, 4.69) is 4.74 Å². The van der Waals surface area contributed by atoms with E-state index in [0.29, 0.717) is 0 Å². The van der Waals surface area contributed by atoms with Gasteiger partial charge in [0.1, 0.15) is 0 Å². The molecule has 0 spiro atoms. The van der Waals surface area contributed by atoms with Crippen molar-refractivity contribution >= 4 is 11.9 Å². The molecule has 0 fully saturated rings. The van der Waals surface area contributed by atoms with Crippen LogP contribution in [0.5, 0.6) is 0 Å². The first-order chi connectivity index (χ1) is 6.52. The van der Waals surface area contributed by atoms with Crippen LogP contribution < -0.4 is 0 Å². The molecule has 10 heteroatoms. The van der Waals surface area contributed by atoms with Crippen LogP contribution in [-0.2, 0) is 14.3 Å². The summed E-state index contributed by atoms with van der Waals surface area (Å²) in [5.74, 6) is -11.0. The van der Waals surface area contributed by atoms with Gasteiger partial charge < -0.3 is 9.84 Å². The van der Waals surface area contributed by atoms with Gasteiger partial charge in [-0.3, -0.25) is 0 Å². The Kier molecular flexibility index (Phi) is 3.56. The van der Waals surface area contributed by atoms with Gasteiger partial charge in [-0.15, -0.1) is 0 Å². The van der Waals surface area contributed by atoms with Crippen molar-refractivity contribution in [2.24, 2.45) is 0 Å². The van der Waals surface area contributed by atoms with Crippen LogP contribution in [0, 0.1) is 0 Å². The Balaban J connectivity index is 5.00. The van der Waals surface area contributed by atoms with E-state index in [1.54, 1.807) is 0 Å². The lowest BCUT2D eigenvalue weighted by molar-refractivity contribution is -0.354. The Hall–Kier alpha value is -1.48. The summed E-state index contributed by atoms with van der Waals surface area (Å²) in [5.41, 5.74) is 0. The number of carbonyl (C=O) groups excluding carboxylic acids is 1. The maximum Gasteiger partial charge on any atom is 0.466 e. The Morgan fingerprint density at radius 3 is 1.73 bits per heavy atom. The van der Waals surface area contributed by atoms with Crippen molar-refractivity contribution in [2.75, 3.05) is 0 Å². The smallest absolute Gasteiger partial charge is 0.466 e. The van der Waals surface area contributed by atoms with Crippen LogP contribution in [0.1, 0.15) is 0 Å². The van der Waals surface area contributed by atoms with Crippen LogP contribution in [0.3, 0.4) is 0 Å². The van der Waals surface area contributed by atoms with Crippen molar-refractivity contribution < 1.29 is 45.8 Å². The second-order valence-electron chi connectivity index (χ2n) is 2.14. The first-order valence-electron chi connectivity index (χ1n) is 3.02. The molecule has 0 aromatic carbocycles. The summed E-state index contributed by atoms with van der Waals surface area (Å²) >= 11 is 0. The summed E-state index contributed by atoms with van der Waals surface area (Å²) in [4.78, 5) is 19.7. The van der Waals surface area contributed by atoms with Crippen molar-refractivity contribution in [3.63, 3.8) is 0 Å². The standard InChI is InChI=1S/C5H2F6O4/c6-3(7)4(8,5(9,10)11)15-2(14)1(12)13/h3H,(H,12,13). The number of rotatable bonds is 2. The van der Waals surface area contributed by atoms with E-state index in [0.717, 1.165) is 0 Å². The fraction of sp³-hybridized carbons (Fsp3) is 0.600. The highest BCUT2D eigenvalue weighted by molar-refractivity contribution is 6.28. The van der Waals surface area contributed by atoms with Crippen molar-refractivity contribution in [1.82, 2.24) is 0 Å². The van der Waals surface area contributed by atoms with Crippen LogP contribution in [-0.4, -0.2) is 35.5 Å². The molecule has 0 saturated carbocycles. The van der Waals surface area contributed by atoms with E-state index in [1.165, 1.54) is 0 Å². The number of ether oxygens (including phenoxy) is 1. The average molecular weight is 240 g/mol. The number of aliphatic carboxylic acids is 1. The lowest BCUT2D eigenvalue weighted by atomic mass is 10.3. The molecule has 0 rings (SSSR count). The Morgan fingerprint density at radius 1 is 1.13 bits per heavy atom. The van der Waals surface area contributed by atoms with Gasteiger partial charge in [-0.2, -0.15) is 17.6 Å². The number of hydrogen-bond acceptors (Lipinski definition) is 3. The van der Waals surface area contributed by atoms with E-state index in [-0.39, 0.29) is 0 Å². The van der Waals surface area contributed by atoms with Crippen LogP contribution in [0.15, 0.2) is 0 Å². The minimum Gasteiger partial charge on any atom is -0.473 e. The maximum atomic E-state index is 12.5. The first-order valence-corrected chi connectivity index (χ1v) is 3.02. The Bertz CT molecular complexity index is 273. The summed E-state index contributed by atoms with van der Waals surface area (Å²) in [5, 5.41) is 7.74. The third-order valence-corrected chi connectivity index (χ3v) is 1.08. The third-order valence-electron chi connectivity index (χ3n) is 1.08. The number of carbonyl (C=O) groups is 2. The number of esters is 1. The summed E-state index contributed by atoms with van der Waals surface area (Å²) in [6.07, 6.45) is -11.0. The molecule has 1 atom stereocenters. The predicted molar refractivity (Wildman–Crippen MR) is 29.6 cm³/mol. The van der Waals surface area contributed by atoms with Gasteiger partial charge in [0.2, 0.25) is 0 Å². The van der Waals surface area contributed by atoms with Crippen LogP contribution >= 0.6 is 0 Å². The summed E-state index contributed by atoms with van der Waals surface area (Å²) in [7, 11) is 0. The topological polar surface area (TPSA) is 63.6 Å². The van der Waals surface area contributed by atoms with Crippen molar-refractivity contribution in [1.29, 1.82) is 0 Å². The lowest BCUT2D eigenvalue weighted by Crippen LogP contribution is -2.51. The molecule has 0 amide bonds. The van der Waals surface area contributed by atoms with Gasteiger partial charge in [0.05, 0.1) is 0 Å². The minimum absolute atomic E-state index is 2.55. The van der Waals surface area contributed by atoms with Gasteiger partial charge in [0.25, 0.3) is 0 Å². The van der Waals surface area contributed by atoms with Crippen LogP contribution in [0.2, 0.25) is 0 Å². The van der Waals surface area contributed by atoms with Gasteiger partial charge in [0, 0.05) is 0 Å². The van der Waals surface area contributed by atoms with Crippen molar-refractivity contribution in [3.05, 3.63) is 0 Å². The summed E-state index contributed by atoms with van der Waals surface area (Å²) in [6.45, 7) is 0. The first kappa shape index (κ1) is 13.5.